The lowest BCUT2D eigenvalue weighted by atomic mass is 9.90. The summed E-state index contributed by atoms with van der Waals surface area (Å²) >= 11 is 0. The third kappa shape index (κ3) is 5.08. The third-order valence-electron chi connectivity index (χ3n) is 7.88. The van der Waals surface area contributed by atoms with Gasteiger partial charge in [-0.25, -0.2) is 4.39 Å². The number of likely N-dealkylation sites (tertiary alicyclic amines) is 1. The van der Waals surface area contributed by atoms with Crippen LogP contribution in [0.25, 0.3) is 0 Å². The summed E-state index contributed by atoms with van der Waals surface area (Å²) in [5.41, 5.74) is 0.202. The van der Waals surface area contributed by atoms with Crippen molar-refractivity contribution in [3.8, 4) is 0 Å². The second-order valence-electron chi connectivity index (χ2n) is 10.4. The van der Waals surface area contributed by atoms with Gasteiger partial charge in [0.25, 0.3) is 5.91 Å². The van der Waals surface area contributed by atoms with Crippen molar-refractivity contribution in [2.45, 2.75) is 63.3 Å². The molecule has 2 amide bonds. The minimum absolute atomic E-state index is 0.0274. The standard InChI is InChI=1S/C27H29F4N3O3/c1-14-9-23(34(15(14)2)26(36)22-10-17(7-8-32-22)16-3-4-16)25(35)33-24(18-12-37-13-18)20-6-5-19(11-21(20)28)27(29,30)31/h5-8,10-11,14-16,18,23-24H,3-4,9,12-13H2,1-2H3,(H,33,35)/t14-,15-,23-,24?/m1/s1. The van der Waals surface area contributed by atoms with E-state index >= 15 is 0 Å². The van der Waals surface area contributed by atoms with Crippen molar-refractivity contribution in [3.05, 3.63) is 64.7 Å². The van der Waals surface area contributed by atoms with E-state index in [9.17, 15) is 27.2 Å². The SMILES string of the molecule is C[C@@H]1C[C@H](C(=O)NC(c2ccc(C(F)(F)F)cc2F)C2COC2)N(C(=O)c2cc(C3CC3)ccn2)[C@@H]1C. The van der Waals surface area contributed by atoms with E-state index in [4.69, 9.17) is 4.74 Å². The fourth-order valence-corrected chi connectivity index (χ4v) is 5.25. The third-order valence-corrected chi connectivity index (χ3v) is 7.88. The van der Waals surface area contributed by atoms with Gasteiger partial charge in [0, 0.05) is 23.7 Å². The number of pyridine rings is 1. The fourth-order valence-electron chi connectivity index (χ4n) is 5.25. The molecule has 1 unspecified atom stereocenters. The second kappa shape index (κ2) is 9.70. The number of rotatable bonds is 6. The molecular formula is C27H29F4N3O3. The van der Waals surface area contributed by atoms with Crippen LogP contribution < -0.4 is 5.32 Å². The van der Waals surface area contributed by atoms with Crippen LogP contribution in [-0.2, 0) is 15.7 Å². The predicted molar refractivity (Wildman–Crippen MR) is 126 cm³/mol. The number of aromatic nitrogens is 1. The molecule has 0 spiro atoms. The molecule has 1 N–H and O–H groups in total. The van der Waals surface area contributed by atoms with E-state index in [0.29, 0.717) is 18.4 Å². The summed E-state index contributed by atoms with van der Waals surface area (Å²) in [5, 5.41) is 2.84. The average Bonchev–Trinajstić information content (AvgIpc) is 3.62. The molecular weight excluding hydrogens is 490 g/mol. The maximum absolute atomic E-state index is 14.9. The normalized spacial score (nSPS) is 25.0. The molecule has 2 aliphatic heterocycles. The van der Waals surface area contributed by atoms with Gasteiger partial charge in [0.05, 0.1) is 24.8 Å². The molecule has 1 aromatic carbocycles. The minimum atomic E-state index is -4.68. The highest BCUT2D eigenvalue weighted by atomic mass is 19.4. The highest BCUT2D eigenvalue weighted by molar-refractivity contribution is 5.97. The summed E-state index contributed by atoms with van der Waals surface area (Å²) in [6.45, 7) is 4.32. The lowest BCUT2D eigenvalue weighted by molar-refractivity contribution is -0.138. The van der Waals surface area contributed by atoms with Gasteiger partial charge in [-0.1, -0.05) is 13.0 Å². The topological polar surface area (TPSA) is 71.5 Å². The van der Waals surface area contributed by atoms with Gasteiger partial charge >= 0.3 is 6.18 Å². The lowest BCUT2D eigenvalue weighted by Gasteiger charge is -2.36. The zero-order chi connectivity index (χ0) is 26.5. The Hall–Kier alpha value is -3.01. The van der Waals surface area contributed by atoms with Crippen LogP contribution in [0.1, 0.15) is 72.2 Å². The average molecular weight is 520 g/mol. The van der Waals surface area contributed by atoms with E-state index in [1.54, 1.807) is 12.3 Å². The Balaban J connectivity index is 1.39. The van der Waals surface area contributed by atoms with Crippen molar-refractivity contribution >= 4 is 11.8 Å². The summed E-state index contributed by atoms with van der Waals surface area (Å²) in [4.78, 5) is 32.9. The Morgan fingerprint density at radius 3 is 2.46 bits per heavy atom. The molecule has 1 aromatic heterocycles. The van der Waals surface area contributed by atoms with Gasteiger partial charge in [0.2, 0.25) is 5.91 Å². The van der Waals surface area contributed by atoms with Gasteiger partial charge in [-0.05, 0) is 67.9 Å². The number of amides is 2. The largest absolute Gasteiger partial charge is 0.416 e. The Kier molecular flexibility index (Phi) is 6.72. The number of nitrogens with zero attached hydrogens (tertiary/aromatic N) is 2. The highest BCUT2D eigenvalue weighted by Gasteiger charge is 2.45. The van der Waals surface area contributed by atoms with Crippen LogP contribution in [0.4, 0.5) is 17.6 Å². The van der Waals surface area contributed by atoms with Crippen molar-refractivity contribution in [1.82, 2.24) is 15.2 Å². The van der Waals surface area contributed by atoms with Crippen LogP contribution >= 0.6 is 0 Å². The first-order chi connectivity index (χ1) is 17.5. The first-order valence-corrected chi connectivity index (χ1v) is 12.6. The van der Waals surface area contributed by atoms with E-state index in [-0.39, 0.29) is 48.3 Å². The number of carbonyl (C=O) groups is 2. The predicted octanol–water partition coefficient (Wildman–Crippen LogP) is 4.86. The Morgan fingerprint density at radius 2 is 1.86 bits per heavy atom. The molecule has 1 saturated carbocycles. The van der Waals surface area contributed by atoms with Gasteiger partial charge < -0.3 is 15.0 Å². The lowest BCUT2D eigenvalue weighted by Crippen LogP contribution is -2.51. The van der Waals surface area contributed by atoms with Crippen LogP contribution in [0.2, 0.25) is 0 Å². The molecule has 1 aliphatic carbocycles. The molecule has 6 nitrogen and oxygen atoms in total. The van der Waals surface area contributed by atoms with Crippen molar-refractivity contribution in [2.75, 3.05) is 13.2 Å². The summed E-state index contributed by atoms with van der Waals surface area (Å²) in [6, 6.07) is 4.08. The maximum atomic E-state index is 14.9. The monoisotopic (exact) mass is 519 g/mol. The zero-order valence-electron chi connectivity index (χ0n) is 20.6. The quantitative estimate of drug-likeness (QED) is 0.554. The summed E-state index contributed by atoms with van der Waals surface area (Å²) in [6.07, 6.45) is -0.511. The van der Waals surface area contributed by atoms with E-state index < -0.39 is 35.5 Å². The van der Waals surface area contributed by atoms with E-state index in [0.717, 1.165) is 30.5 Å². The van der Waals surface area contributed by atoms with Gasteiger partial charge in [0.1, 0.15) is 17.6 Å². The molecule has 2 aromatic rings. The van der Waals surface area contributed by atoms with Crippen LogP contribution in [0.5, 0.6) is 0 Å². The molecule has 2 saturated heterocycles. The number of alkyl halides is 3. The number of nitrogens with one attached hydrogen (secondary N) is 1. The Bertz CT molecular complexity index is 1200. The molecule has 3 fully saturated rings. The van der Waals surface area contributed by atoms with Crippen LogP contribution in [0.3, 0.4) is 0 Å². The maximum Gasteiger partial charge on any atom is 0.416 e. The number of benzene rings is 1. The van der Waals surface area contributed by atoms with Crippen LogP contribution in [0.15, 0.2) is 36.5 Å². The molecule has 4 atom stereocenters. The van der Waals surface area contributed by atoms with Crippen molar-refractivity contribution in [3.63, 3.8) is 0 Å². The molecule has 3 heterocycles. The van der Waals surface area contributed by atoms with Crippen LogP contribution in [0, 0.1) is 17.7 Å². The van der Waals surface area contributed by atoms with E-state index in [1.165, 1.54) is 4.90 Å². The fraction of sp³-hybridized carbons (Fsp3) is 0.519. The highest BCUT2D eigenvalue weighted by Crippen LogP contribution is 2.40. The Labute approximate surface area is 212 Å². The van der Waals surface area contributed by atoms with Gasteiger partial charge in [0.15, 0.2) is 0 Å². The van der Waals surface area contributed by atoms with E-state index in [1.807, 2.05) is 19.9 Å². The first-order valence-electron chi connectivity index (χ1n) is 12.6. The van der Waals surface area contributed by atoms with Crippen molar-refractivity contribution in [2.24, 2.45) is 11.8 Å². The molecule has 3 aliphatic rings. The van der Waals surface area contributed by atoms with Gasteiger partial charge in [-0.15, -0.1) is 0 Å². The minimum Gasteiger partial charge on any atom is -0.381 e. The molecule has 0 bridgehead atoms. The second-order valence-corrected chi connectivity index (χ2v) is 10.4. The number of ether oxygens (including phenoxy) is 1. The number of hydrogen-bond donors (Lipinski definition) is 1. The first kappa shape index (κ1) is 25.6. The van der Waals surface area contributed by atoms with Crippen molar-refractivity contribution in [1.29, 1.82) is 0 Å². The smallest absolute Gasteiger partial charge is 0.381 e. The number of hydrogen-bond acceptors (Lipinski definition) is 4. The molecule has 10 heteroatoms. The summed E-state index contributed by atoms with van der Waals surface area (Å²) in [7, 11) is 0. The van der Waals surface area contributed by atoms with Gasteiger partial charge in [-0.3, -0.25) is 14.6 Å². The number of halogens is 4. The molecule has 37 heavy (non-hydrogen) atoms. The van der Waals surface area contributed by atoms with Crippen molar-refractivity contribution < 1.29 is 31.9 Å². The Morgan fingerprint density at radius 1 is 1.14 bits per heavy atom. The molecule has 198 valence electrons. The summed E-state index contributed by atoms with van der Waals surface area (Å²) < 4.78 is 59.3. The van der Waals surface area contributed by atoms with Crippen LogP contribution in [-0.4, -0.2) is 47.0 Å². The molecule has 5 rings (SSSR count). The molecule has 0 radical (unpaired) electrons. The number of carbonyl (C=O) groups excluding carboxylic acids is 2. The van der Waals surface area contributed by atoms with Gasteiger partial charge in [-0.2, -0.15) is 13.2 Å². The van der Waals surface area contributed by atoms with E-state index in [2.05, 4.69) is 10.3 Å². The zero-order valence-corrected chi connectivity index (χ0v) is 20.6. The summed E-state index contributed by atoms with van der Waals surface area (Å²) in [5.74, 6) is -1.70.